The van der Waals surface area contributed by atoms with Crippen LogP contribution in [0.2, 0.25) is 5.02 Å². The van der Waals surface area contributed by atoms with Crippen LogP contribution in [0, 0.1) is 0 Å². The van der Waals surface area contributed by atoms with Crippen molar-refractivity contribution >= 4 is 28.4 Å². The summed E-state index contributed by atoms with van der Waals surface area (Å²) in [5.74, 6) is 0. The molecule has 1 heterocycles. The number of nitrogens with zero attached hydrogens (tertiary/aromatic N) is 2. The van der Waals surface area contributed by atoms with Gasteiger partial charge in [-0.2, -0.15) is 5.10 Å². The second kappa shape index (κ2) is 5.02. The van der Waals surface area contributed by atoms with Crippen molar-refractivity contribution in [1.29, 1.82) is 0 Å². The predicted octanol–water partition coefficient (Wildman–Crippen LogP) is 3.22. The number of hydrogen-bond acceptors (Lipinski definition) is 4. The molecule has 0 saturated heterocycles. The third-order valence-electron chi connectivity index (χ3n) is 2.47. The summed E-state index contributed by atoms with van der Waals surface area (Å²) in [5, 5.41) is 8.99. The minimum Gasteiger partial charge on any atom is -0.400 e. The van der Waals surface area contributed by atoms with Gasteiger partial charge < -0.3 is 5.73 Å². The first-order valence-electron chi connectivity index (χ1n) is 5.36. The highest BCUT2D eigenvalue weighted by Crippen LogP contribution is 2.33. The van der Waals surface area contributed by atoms with E-state index in [1.807, 2.05) is 43.2 Å². The first-order valence-corrected chi connectivity index (χ1v) is 6.56. The summed E-state index contributed by atoms with van der Waals surface area (Å²) in [6.45, 7) is 2.04. The lowest BCUT2D eigenvalue weighted by molar-refractivity contribution is 0.480. The standard InChI is InChI=1S/C12H14ClN3S/c1-3-10(14)12-16(2)15-11(17-12)8-4-6-9(13)7-5-8/h4-7H,3,14H2,1-2H3. The van der Waals surface area contributed by atoms with Gasteiger partial charge in [-0.25, -0.2) is 0 Å². The van der Waals surface area contributed by atoms with Crippen LogP contribution in [0.5, 0.6) is 0 Å². The molecule has 2 N–H and O–H groups in total. The number of halogens is 1. The molecule has 3 nitrogen and oxygen atoms in total. The molecule has 0 aromatic heterocycles. The summed E-state index contributed by atoms with van der Waals surface area (Å²) >= 11 is 7.46. The Balaban J connectivity index is 2.27. The summed E-state index contributed by atoms with van der Waals surface area (Å²) in [6.07, 6.45) is 0.829. The van der Waals surface area contributed by atoms with E-state index in [4.69, 9.17) is 17.3 Å². The Morgan fingerprint density at radius 3 is 2.65 bits per heavy atom. The highest BCUT2D eigenvalue weighted by molar-refractivity contribution is 8.17. The summed E-state index contributed by atoms with van der Waals surface area (Å²) in [5.41, 5.74) is 7.88. The molecule has 0 aliphatic carbocycles. The van der Waals surface area contributed by atoms with E-state index in [0.29, 0.717) is 0 Å². The number of nitrogens with two attached hydrogens (primary N) is 1. The molecule has 90 valence electrons. The fourth-order valence-corrected chi connectivity index (χ4v) is 2.67. The van der Waals surface area contributed by atoms with Crippen molar-refractivity contribution in [3.05, 3.63) is 45.6 Å². The minimum atomic E-state index is 0.731. The van der Waals surface area contributed by atoms with E-state index in [9.17, 15) is 0 Å². The van der Waals surface area contributed by atoms with E-state index in [2.05, 4.69) is 5.10 Å². The van der Waals surface area contributed by atoms with Crippen molar-refractivity contribution in [1.82, 2.24) is 5.01 Å². The molecule has 2 rings (SSSR count). The molecule has 0 spiro atoms. The van der Waals surface area contributed by atoms with Crippen LogP contribution in [-0.4, -0.2) is 17.1 Å². The van der Waals surface area contributed by atoms with Gasteiger partial charge in [0.2, 0.25) is 0 Å². The second-order valence-electron chi connectivity index (χ2n) is 3.72. The second-order valence-corrected chi connectivity index (χ2v) is 5.14. The Kier molecular flexibility index (Phi) is 3.64. The van der Waals surface area contributed by atoms with Crippen LogP contribution in [-0.2, 0) is 0 Å². The van der Waals surface area contributed by atoms with Gasteiger partial charge in [0, 0.05) is 23.3 Å². The predicted molar refractivity (Wildman–Crippen MR) is 74.8 cm³/mol. The fraction of sp³-hybridized carbons (Fsp3) is 0.250. The van der Waals surface area contributed by atoms with Gasteiger partial charge in [-0.15, -0.1) is 0 Å². The Labute approximate surface area is 110 Å². The zero-order valence-electron chi connectivity index (χ0n) is 9.77. The van der Waals surface area contributed by atoms with Gasteiger partial charge in [-0.1, -0.05) is 30.7 Å². The quantitative estimate of drug-likeness (QED) is 0.895. The monoisotopic (exact) mass is 267 g/mol. The molecule has 0 saturated carbocycles. The van der Waals surface area contributed by atoms with Crippen LogP contribution in [0.4, 0.5) is 0 Å². The van der Waals surface area contributed by atoms with Crippen molar-refractivity contribution in [3.63, 3.8) is 0 Å². The zero-order valence-corrected chi connectivity index (χ0v) is 11.3. The Morgan fingerprint density at radius 2 is 2.06 bits per heavy atom. The van der Waals surface area contributed by atoms with Crippen LogP contribution >= 0.6 is 23.4 Å². The first-order chi connectivity index (χ1) is 8.11. The number of rotatable bonds is 2. The topological polar surface area (TPSA) is 41.6 Å². The van der Waals surface area contributed by atoms with Gasteiger partial charge in [0.1, 0.15) is 10.1 Å². The maximum absolute atomic E-state index is 5.96. The molecule has 0 radical (unpaired) electrons. The molecule has 5 heteroatoms. The maximum Gasteiger partial charge on any atom is 0.130 e. The molecule has 17 heavy (non-hydrogen) atoms. The SMILES string of the molecule is CCC(N)=C1SC(c2ccc(Cl)cc2)=NN1C. The van der Waals surface area contributed by atoms with Crippen LogP contribution in [0.15, 0.2) is 40.1 Å². The van der Waals surface area contributed by atoms with E-state index >= 15 is 0 Å². The van der Waals surface area contributed by atoms with Crippen LogP contribution < -0.4 is 5.73 Å². The Morgan fingerprint density at radius 1 is 1.41 bits per heavy atom. The summed E-state index contributed by atoms with van der Waals surface area (Å²) < 4.78 is 0. The lowest BCUT2D eigenvalue weighted by Gasteiger charge is -2.10. The Hall–Kier alpha value is -1.13. The van der Waals surface area contributed by atoms with Gasteiger partial charge >= 0.3 is 0 Å². The van der Waals surface area contributed by atoms with Gasteiger partial charge in [0.25, 0.3) is 0 Å². The average molecular weight is 268 g/mol. The average Bonchev–Trinajstić information content (AvgIpc) is 2.71. The fourth-order valence-electron chi connectivity index (χ4n) is 1.49. The van der Waals surface area contributed by atoms with Crippen molar-refractivity contribution in [3.8, 4) is 0 Å². The molecular formula is C12H14ClN3S. The van der Waals surface area contributed by atoms with Crippen molar-refractivity contribution in [2.45, 2.75) is 13.3 Å². The first kappa shape index (κ1) is 12.3. The van der Waals surface area contributed by atoms with Crippen molar-refractivity contribution in [2.75, 3.05) is 7.05 Å². The minimum absolute atomic E-state index is 0.731. The summed E-state index contributed by atoms with van der Waals surface area (Å²) in [7, 11) is 1.91. The summed E-state index contributed by atoms with van der Waals surface area (Å²) in [6, 6.07) is 7.66. The maximum atomic E-state index is 5.96. The number of benzene rings is 1. The van der Waals surface area contributed by atoms with E-state index in [-0.39, 0.29) is 0 Å². The molecule has 1 aliphatic rings. The lowest BCUT2D eigenvalue weighted by Crippen LogP contribution is -2.10. The molecule has 0 amide bonds. The largest absolute Gasteiger partial charge is 0.400 e. The van der Waals surface area contributed by atoms with E-state index < -0.39 is 0 Å². The third kappa shape index (κ3) is 2.58. The lowest BCUT2D eigenvalue weighted by atomic mass is 10.2. The van der Waals surface area contributed by atoms with Crippen molar-refractivity contribution < 1.29 is 0 Å². The van der Waals surface area contributed by atoms with Crippen molar-refractivity contribution in [2.24, 2.45) is 10.8 Å². The summed E-state index contributed by atoms with van der Waals surface area (Å²) in [4.78, 5) is 0. The Bertz CT molecular complexity index is 479. The van der Waals surface area contributed by atoms with Crippen LogP contribution in [0.3, 0.4) is 0 Å². The number of hydrazone groups is 1. The molecular weight excluding hydrogens is 254 g/mol. The van der Waals surface area contributed by atoms with E-state index in [1.54, 1.807) is 11.8 Å². The highest BCUT2D eigenvalue weighted by Gasteiger charge is 2.21. The molecule has 1 aromatic rings. The molecule has 0 fully saturated rings. The smallest absolute Gasteiger partial charge is 0.130 e. The van der Waals surface area contributed by atoms with Gasteiger partial charge in [-0.3, -0.25) is 5.01 Å². The normalized spacial score (nSPS) is 18.3. The number of thioether (sulfide) groups is 1. The third-order valence-corrected chi connectivity index (χ3v) is 3.96. The number of hydrogen-bond donors (Lipinski definition) is 1. The molecule has 0 unspecified atom stereocenters. The molecule has 1 aliphatic heterocycles. The van der Waals surface area contributed by atoms with Gasteiger partial charge in [0.05, 0.1) is 0 Å². The molecule has 0 atom stereocenters. The van der Waals surface area contributed by atoms with E-state index in [0.717, 1.165) is 32.8 Å². The molecule has 1 aromatic carbocycles. The van der Waals surface area contributed by atoms with E-state index in [1.165, 1.54) is 0 Å². The highest BCUT2D eigenvalue weighted by atomic mass is 35.5. The van der Waals surface area contributed by atoms with Crippen LogP contribution in [0.25, 0.3) is 0 Å². The van der Waals surface area contributed by atoms with Gasteiger partial charge in [0.15, 0.2) is 0 Å². The van der Waals surface area contributed by atoms with Gasteiger partial charge in [-0.05, 0) is 30.3 Å². The molecule has 0 bridgehead atoms. The number of allylic oxidation sites excluding steroid dienone is 1. The van der Waals surface area contributed by atoms with Crippen LogP contribution in [0.1, 0.15) is 18.9 Å². The zero-order chi connectivity index (χ0) is 12.4.